The first-order valence-electron chi connectivity index (χ1n) is 7.11. The molecule has 1 aromatic carbocycles. The summed E-state index contributed by atoms with van der Waals surface area (Å²) in [6, 6.07) is 4.38. The fourth-order valence-electron chi connectivity index (χ4n) is 2.71. The van der Waals surface area contributed by atoms with Crippen LogP contribution in [0, 0.1) is 24.0 Å². The van der Waals surface area contributed by atoms with Gasteiger partial charge >= 0.3 is 0 Å². The summed E-state index contributed by atoms with van der Waals surface area (Å²) in [5.74, 6) is 0. The molecule has 1 aliphatic rings. The average Bonchev–Trinajstić information content (AvgIpc) is 2.37. The van der Waals surface area contributed by atoms with Crippen molar-refractivity contribution >= 4 is 11.4 Å². The average molecular weight is 277 g/mol. The van der Waals surface area contributed by atoms with Gasteiger partial charge in [-0.2, -0.15) is 0 Å². The molecule has 5 heteroatoms. The molecule has 2 unspecified atom stereocenters. The Bertz CT molecular complexity index is 516. The Kier molecular flexibility index (Phi) is 4.28. The molecule has 2 atom stereocenters. The molecule has 0 spiro atoms. The van der Waals surface area contributed by atoms with Crippen molar-refractivity contribution in [1.29, 1.82) is 0 Å². The molecule has 0 amide bonds. The molecule has 0 radical (unpaired) electrons. The monoisotopic (exact) mass is 277 g/mol. The van der Waals surface area contributed by atoms with E-state index in [1.807, 2.05) is 19.9 Å². The first-order valence-corrected chi connectivity index (χ1v) is 7.11. The highest BCUT2D eigenvalue weighted by Gasteiger charge is 2.25. The number of rotatable bonds is 3. The summed E-state index contributed by atoms with van der Waals surface area (Å²) < 4.78 is 0. The second-order valence-corrected chi connectivity index (χ2v) is 5.91. The number of hydrogen-bond donors (Lipinski definition) is 1. The quantitative estimate of drug-likeness (QED) is 0.681. The van der Waals surface area contributed by atoms with Crippen LogP contribution in [0.3, 0.4) is 0 Å². The zero-order chi connectivity index (χ0) is 14.9. The van der Waals surface area contributed by atoms with Gasteiger partial charge in [0.15, 0.2) is 0 Å². The van der Waals surface area contributed by atoms with Crippen molar-refractivity contribution < 1.29 is 4.92 Å². The van der Waals surface area contributed by atoms with Gasteiger partial charge in [-0.3, -0.25) is 10.1 Å². The van der Waals surface area contributed by atoms with Crippen LogP contribution in [0.15, 0.2) is 12.1 Å². The molecule has 1 heterocycles. The Hall–Kier alpha value is -1.62. The number of nitrogens with one attached hydrogen (secondary N) is 1. The third-order valence-corrected chi connectivity index (χ3v) is 4.38. The van der Waals surface area contributed by atoms with Crippen molar-refractivity contribution in [2.45, 2.75) is 45.7 Å². The van der Waals surface area contributed by atoms with Crippen LogP contribution in [0.25, 0.3) is 0 Å². The summed E-state index contributed by atoms with van der Waals surface area (Å²) in [5, 5.41) is 14.6. The Morgan fingerprint density at radius 1 is 1.35 bits per heavy atom. The molecule has 0 saturated carbocycles. The van der Waals surface area contributed by atoms with Crippen LogP contribution in [0.4, 0.5) is 11.4 Å². The number of aryl methyl sites for hydroxylation is 2. The number of anilines is 1. The molecular weight excluding hydrogens is 254 g/mol. The largest absolute Gasteiger partial charge is 0.377 e. The maximum atomic E-state index is 11.2. The number of nitro groups is 1. The van der Waals surface area contributed by atoms with Crippen molar-refractivity contribution in [2.75, 3.05) is 18.9 Å². The van der Waals surface area contributed by atoms with Crippen LogP contribution in [0.1, 0.15) is 30.9 Å². The zero-order valence-electron chi connectivity index (χ0n) is 12.6. The van der Waals surface area contributed by atoms with E-state index in [-0.39, 0.29) is 10.6 Å². The zero-order valence-corrected chi connectivity index (χ0v) is 12.6. The fraction of sp³-hybridized carbons (Fsp3) is 0.600. The van der Waals surface area contributed by atoms with E-state index in [9.17, 15) is 10.1 Å². The van der Waals surface area contributed by atoms with E-state index < -0.39 is 0 Å². The second-order valence-electron chi connectivity index (χ2n) is 5.91. The minimum absolute atomic E-state index is 0.180. The topological polar surface area (TPSA) is 58.4 Å². The van der Waals surface area contributed by atoms with Gasteiger partial charge in [-0.05, 0) is 57.9 Å². The van der Waals surface area contributed by atoms with Crippen LogP contribution in [-0.4, -0.2) is 35.5 Å². The summed E-state index contributed by atoms with van der Waals surface area (Å²) in [6.07, 6.45) is 2.03. The highest BCUT2D eigenvalue weighted by Crippen LogP contribution is 2.30. The van der Waals surface area contributed by atoms with Gasteiger partial charge < -0.3 is 10.2 Å². The molecule has 1 aliphatic heterocycles. The van der Waals surface area contributed by atoms with Gasteiger partial charge in [0.05, 0.1) is 4.92 Å². The normalized spacial score (nSPS) is 23.6. The summed E-state index contributed by atoms with van der Waals surface area (Å²) in [4.78, 5) is 13.2. The van der Waals surface area contributed by atoms with E-state index in [0.29, 0.717) is 17.8 Å². The molecule has 110 valence electrons. The van der Waals surface area contributed by atoms with E-state index >= 15 is 0 Å². The summed E-state index contributed by atoms with van der Waals surface area (Å²) in [7, 11) is 2.12. The third kappa shape index (κ3) is 3.10. The molecule has 0 aliphatic carbocycles. The second kappa shape index (κ2) is 5.79. The van der Waals surface area contributed by atoms with Gasteiger partial charge in [-0.15, -0.1) is 0 Å². The van der Waals surface area contributed by atoms with Gasteiger partial charge in [-0.1, -0.05) is 0 Å². The van der Waals surface area contributed by atoms with Gasteiger partial charge in [-0.25, -0.2) is 0 Å². The van der Waals surface area contributed by atoms with Crippen molar-refractivity contribution in [3.05, 3.63) is 33.4 Å². The number of benzene rings is 1. The SMILES string of the molecule is Cc1cc(NC2CCN(C)C(C)C2)c([N+](=O)[O-])cc1C. The lowest BCUT2D eigenvalue weighted by molar-refractivity contribution is -0.384. The molecule has 2 rings (SSSR count). The van der Waals surface area contributed by atoms with Crippen molar-refractivity contribution in [3.63, 3.8) is 0 Å². The molecule has 0 aromatic heterocycles. The van der Waals surface area contributed by atoms with Crippen LogP contribution in [0.2, 0.25) is 0 Å². The van der Waals surface area contributed by atoms with E-state index in [4.69, 9.17) is 0 Å². The summed E-state index contributed by atoms with van der Waals surface area (Å²) in [6.45, 7) is 7.12. The van der Waals surface area contributed by atoms with Crippen molar-refractivity contribution in [3.8, 4) is 0 Å². The standard InChI is InChI=1S/C15H23N3O2/c1-10-7-14(15(18(19)20)8-11(10)2)16-13-5-6-17(4)12(3)9-13/h7-8,12-13,16H,5-6,9H2,1-4H3. The first-order chi connectivity index (χ1) is 9.38. The maximum absolute atomic E-state index is 11.2. The lowest BCUT2D eigenvalue weighted by Gasteiger charge is -2.35. The maximum Gasteiger partial charge on any atom is 0.292 e. The predicted molar refractivity (Wildman–Crippen MR) is 81.3 cm³/mol. The van der Waals surface area contributed by atoms with Gasteiger partial charge in [0.25, 0.3) is 5.69 Å². The third-order valence-electron chi connectivity index (χ3n) is 4.38. The summed E-state index contributed by atoms with van der Waals surface area (Å²) in [5.41, 5.74) is 2.87. The molecule has 1 fully saturated rings. The smallest absolute Gasteiger partial charge is 0.292 e. The molecule has 1 saturated heterocycles. The number of piperidine rings is 1. The lowest BCUT2D eigenvalue weighted by Crippen LogP contribution is -2.42. The first kappa shape index (κ1) is 14.8. The molecular formula is C15H23N3O2. The number of likely N-dealkylation sites (tertiary alicyclic amines) is 1. The van der Waals surface area contributed by atoms with Crippen LogP contribution in [-0.2, 0) is 0 Å². The Morgan fingerprint density at radius 3 is 2.60 bits per heavy atom. The molecule has 1 aromatic rings. The number of nitrogens with zero attached hydrogens (tertiary/aromatic N) is 2. The highest BCUT2D eigenvalue weighted by molar-refractivity contribution is 5.65. The predicted octanol–water partition coefficient (Wildman–Crippen LogP) is 3.11. The Morgan fingerprint density at radius 2 is 2.00 bits per heavy atom. The summed E-state index contributed by atoms with van der Waals surface area (Å²) >= 11 is 0. The minimum Gasteiger partial charge on any atom is -0.377 e. The molecule has 0 bridgehead atoms. The van der Waals surface area contributed by atoms with E-state index in [1.165, 1.54) is 0 Å². The van der Waals surface area contributed by atoms with E-state index in [0.717, 1.165) is 30.5 Å². The minimum atomic E-state index is -0.298. The number of nitro benzene ring substituents is 1. The van der Waals surface area contributed by atoms with Gasteiger partial charge in [0, 0.05) is 24.7 Å². The Balaban J connectivity index is 2.20. The Labute approximate surface area is 120 Å². The van der Waals surface area contributed by atoms with Crippen LogP contribution >= 0.6 is 0 Å². The lowest BCUT2D eigenvalue weighted by atomic mass is 9.98. The number of hydrogen-bond acceptors (Lipinski definition) is 4. The van der Waals surface area contributed by atoms with Crippen LogP contribution < -0.4 is 5.32 Å². The van der Waals surface area contributed by atoms with Crippen LogP contribution in [0.5, 0.6) is 0 Å². The van der Waals surface area contributed by atoms with E-state index in [1.54, 1.807) is 6.07 Å². The van der Waals surface area contributed by atoms with Gasteiger partial charge in [0.2, 0.25) is 0 Å². The molecule has 5 nitrogen and oxygen atoms in total. The van der Waals surface area contributed by atoms with Gasteiger partial charge in [0.1, 0.15) is 5.69 Å². The van der Waals surface area contributed by atoms with Crippen molar-refractivity contribution in [1.82, 2.24) is 4.90 Å². The fourth-order valence-corrected chi connectivity index (χ4v) is 2.71. The molecule has 20 heavy (non-hydrogen) atoms. The molecule has 1 N–H and O–H groups in total. The van der Waals surface area contributed by atoms with E-state index in [2.05, 4.69) is 24.2 Å². The van der Waals surface area contributed by atoms with Crippen molar-refractivity contribution in [2.24, 2.45) is 0 Å². The highest BCUT2D eigenvalue weighted by atomic mass is 16.6.